The molecule has 0 radical (unpaired) electrons. The van der Waals surface area contributed by atoms with E-state index >= 15 is 0 Å². The number of hydrogen-bond acceptors (Lipinski definition) is 4. The van der Waals surface area contributed by atoms with E-state index < -0.39 is 6.10 Å². The molecule has 4 rings (SSSR count). The average molecular weight is 347 g/mol. The highest BCUT2D eigenvalue weighted by Crippen LogP contribution is 2.32. The third kappa shape index (κ3) is 2.78. The Hall–Kier alpha value is -2.99. The van der Waals surface area contributed by atoms with Crippen molar-refractivity contribution in [2.75, 3.05) is 0 Å². The van der Waals surface area contributed by atoms with E-state index in [9.17, 15) is 5.11 Å². The molecule has 0 aliphatic rings. The van der Waals surface area contributed by atoms with Gasteiger partial charge in [-0.3, -0.25) is 9.67 Å². The van der Waals surface area contributed by atoms with Crippen molar-refractivity contribution >= 4 is 10.9 Å². The molecule has 1 aromatic carbocycles. The van der Waals surface area contributed by atoms with Gasteiger partial charge in [-0.15, -0.1) is 0 Å². The van der Waals surface area contributed by atoms with Crippen molar-refractivity contribution in [3.05, 3.63) is 71.7 Å². The van der Waals surface area contributed by atoms with E-state index in [4.69, 9.17) is 5.10 Å². The molecule has 26 heavy (non-hydrogen) atoms. The van der Waals surface area contributed by atoms with E-state index in [-0.39, 0.29) is 0 Å². The molecular formula is C20H21N5O. The van der Waals surface area contributed by atoms with Crippen molar-refractivity contribution in [1.82, 2.24) is 24.3 Å². The largest absolute Gasteiger partial charge is 0.389 e. The monoisotopic (exact) mass is 347 g/mol. The van der Waals surface area contributed by atoms with Gasteiger partial charge in [0.15, 0.2) is 0 Å². The first-order valence-corrected chi connectivity index (χ1v) is 8.63. The summed E-state index contributed by atoms with van der Waals surface area (Å²) in [5.41, 5.74) is 5.63. The smallest absolute Gasteiger partial charge is 0.0991 e. The Balaban J connectivity index is 1.95. The van der Waals surface area contributed by atoms with E-state index in [1.807, 2.05) is 59.6 Å². The molecule has 0 aliphatic carbocycles. The van der Waals surface area contributed by atoms with Gasteiger partial charge in [-0.1, -0.05) is 12.1 Å². The zero-order valence-electron chi connectivity index (χ0n) is 15.1. The van der Waals surface area contributed by atoms with E-state index in [1.54, 1.807) is 19.4 Å². The molecule has 3 aromatic heterocycles. The number of aromatic nitrogens is 5. The Morgan fingerprint density at radius 1 is 1.15 bits per heavy atom. The van der Waals surface area contributed by atoms with Gasteiger partial charge in [0.2, 0.25) is 0 Å². The average Bonchev–Trinajstić information content (AvgIpc) is 3.23. The first-order chi connectivity index (χ1) is 12.5. The maximum Gasteiger partial charge on any atom is 0.0991 e. The van der Waals surface area contributed by atoms with Crippen LogP contribution in [-0.4, -0.2) is 29.4 Å². The van der Waals surface area contributed by atoms with Crippen LogP contribution in [-0.2, 0) is 6.54 Å². The summed E-state index contributed by atoms with van der Waals surface area (Å²) < 4.78 is 3.91. The maximum absolute atomic E-state index is 10.3. The lowest BCUT2D eigenvalue weighted by molar-refractivity contribution is 0.200. The number of rotatable bonds is 4. The number of aliphatic hydroxyl groups excluding tert-OH is 1. The van der Waals surface area contributed by atoms with Crippen LogP contribution in [0, 0.1) is 13.8 Å². The number of aryl methyl sites for hydroxylation is 2. The van der Waals surface area contributed by atoms with Gasteiger partial charge in [0.1, 0.15) is 0 Å². The number of nitrogens with zero attached hydrogens (tertiary/aromatic N) is 5. The third-order valence-corrected chi connectivity index (χ3v) is 4.57. The predicted molar refractivity (Wildman–Crippen MR) is 100 cm³/mol. The molecule has 6 heteroatoms. The lowest BCUT2D eigenvalue weighted by atomic mass is 10.0. The molecule has 0 bridgehead atoms. The molecule has 3 heterocycles. The third-order valence-electron chi connectivity index (χ3n) is 4.57. The van der Waals surface area contributed by atoms with Gasteiger partial charge in [0.25, 0.3) is 0 Å². The number of fused-ring (bicyclic) bond motifs is 1. The van der Waals surface area contributed by atoms with Crippen LogP contribution in [0.25, 0.3) is 16.6 Å². The van der Waals surface area contributed by atoms with Crippen molar-refractivity contribution < 1.29 is 5.11 Å². The van der Waals surface area contributed by atoms with Crippen LogP contribution in [0.5, 0.6) is 0 Å². The normalized spacial score (nSPS) is 12.6. The van der Waals surface area contributed by atoms with Crippen LogP contribution in [0.3, 0.4) is 0 Å². The summed E-state index contributed by atoms with van der Waals surface area (Å²) in [5, 5.41) is 16.1. The molecule has 0 fully saturated rings. The Bertz CT molecular complexity index is 1060. The number of pyridine rings is 1. The number of hydrogen-bond donors (Lipinski definition) is 1. The fourth-order valence-electron chi connectivity index (χ4n) is 3.42. The summed E-state index contributed by atoms with van der Waals surface area (Å²) in [6, 6.07) is 9.95. The molecule has 0 saturated carbocycles. The maximum atomic E-state index is 10.3. The predicted octanol–water partition coefficient (Wildman–Crippen LogP) is 3.34. The lowest BCUT2D eigenvalue weighted by Gasteiger charge is -2.13. The van der Waals surface area contributed by atoms with Crippen LogP contribution in [0.4, 0.5) is 0 Å². The van der Waals surface area contributed by atoms with Crippen molar-refractivity contribution in [2.24, 2.45) is 0 Å². The lowest BCUT2D eigenvalue weighted by Crippen LogP contribution is -2.07. The van der Waals surface area contributed by atoms with Crippen LogP contribution in [0.15, 0.2) is 49.1 Å². The molecule has 132 valence electrons. The first-order valence-electron chi connectivity index (χ1n) is 8.63. The topological polar surface area (TPSA) is 68.8 Å². The first kappa shape index (κ1) is 16.5. The van der Waals surface area contributed by atoms with E-state index in [0.717, 1.165) is 39.2 Å². The Kier molecular flexibility index (Phi) is 4.05. The Morgan fingerprint density at radius 3 is 2.69 bits per heavy atom. The molecule has 1 atom stereocenters. The standard InChI is InChI=1S/C20H21N5O/c1-13-5-4-6-16(22-13)11-25-20-17(15(3)26)7-8-18(19(20)14(2)23-25)24-10-9-21-12-24/h4-10,12,15,26H,11H2,1-3H3. The fraction of sp³-hybridized carbons (Fsp3) is 0.250. The van der Waals surface area contributed by atoms with Crippen LogP contribution >= 0.6 is 0 Å². The molecule has 0 amide bonds. The summed E-state index contributed by atoms with van der Waals surface area (Å²) in [6.07, 6.45) is 4.85. The van der Waals surface area contributed by atoms with Gasteiger partial charge in [0, 0.05) is 29.0 Å². The second-order valence-corrected chi connectivity index (χ2v) is 6.56. The summed E-state index contributed by atoms with van der Waals surface area (Å²) >= 11 is 0. The molecule has 1 N–H and O–H groups in total. The minimum absolute atomic E-state index is 0.555. The zero-order valence-corrected chi connectivity index (χ0v) is 15.1. The van der Waals surface area contributed by atoms with Gasteiger partial charge >= 0.3 is 0 Å². The van der Waals surface area contributed by atoms with E-state index in [1.165, 1.54) is 0 Å². The van der Waals surface area contributed by atoms with Crippen molar-refractivity contribution in [3.63, 3.8) is 0 Å². The number of imidazole rings is 1. The molecular weight excluding hydrogens is 326 g/mol. The minimum atomic E-state index is -0.588. The molecule has 0 spiro atoms. The van der Waals surface area contributed by atoms with Crippen LogP contribution in [0.1, 0.15) is 35.7 Å². The van der Waals surface area contributed by atoms with Gasteiger partial charge < -0.3 is 9.67 Å². The molecule has 6 nitrogen and oxygen atoms in total. The fourth-order valence-corrected chi connectivity index (χ4v) is 3.42. The van der Waals surface area contributed by atoms with E-state index in [2.05, 4.69) is 9.97 Å². The highest BCUT2D eigenvalue weighted by molar-refractivity contribution is 5.93. The summed E-state index contributed by atoms with van der Waals surface area (Å²) in [4.78, 5) is 8.75. The molecule has 0 aliphatic heterocycles. The van der Waals surface area contributed by atoms with Crippen molar-refractivity contribution in [2.45, 2.75) is 33.4 Å². The SMILES string of the molecule is Cc1cccc(Cn2nc(C)c3c(-n4ccnc4)ccc(C(C)O)c32)n1. The van der Waals surface area contributed by atoms with Gasteiger partial charge in [0.05, 0.1) is 41.6 Å². The summed E-state index contributed by atoms with van der Waals surface area (Å²) in [7, 11) is 0. The van der Waals surface area contributed by atoms with Gasteiger partial charge in [-0.05, 0) is 39.0 Å². The van der Waals surface area contributed by atoms with Gasteiger partial charge in [-0.25, -0.2) is 4.98 Å². The van der Waals surface area contributed by atoms with Gasteiger partial charge in [-0.2, -0.15) is 5.10 Å². The summed E-state index contributed by atoms with van der Waals surface area (Å²) in [5.74, 6) is 0. The van der Waals surface area contributed by atoms with Crippen LogP contribution in [0.2, 0.25) is 0 Å². The Labute approximate surface area is 151 Å². The quantitative estimate of drug-likeness (QED) is 0.615. The highest BCUT2D eigenvalue weighted by atomic mass is 16.3. The number of benzene rings is 1. The zero-order chi connectivity index (χ0) is 18.3. The molecule has 4 aromatic rings. The summed E-state index contributed by atoms with van der Waals surface area (Å²) in [6.45, 7) is 6.31. The number of aliphatic hydroxyl groups is 1. The minimum Gasteiger partial charge on any atom is -0.389 e. The second kappa shape index (κ2) is 6.38. The molecule has 1 unspecified atom stereocenters. The molecule has 0 saturated heterocycles. The highest BCUT2D eigenvalue weighted by Gasteiger charge is 2.19. The van der Waals surface area contributed by atoms with Crippen molar-refractivity contribution in [1.29, 1.82) is 0 Å². The Morgan fingerprint density at radius 2 is 2.00 bits per heavy atom. The second-order valence-electron chi connectivity index (χ2n) is 6.56. The van der Waals surface area contributed by atoms with Crippen LogP contribution < -0.4 is 0 Å². The van der Waals surface area contributed by atoms with Crippen molar-refractivity contribution in [3.8, 4) is 5.69 Å². The van der Waals surface area contributed by atoms with E-state index in [0.29, 0.717) is 6.54 Å².